The Balaban J connectivity index is 2.03. The maximum Gasteiger partial charge on any atom is 0.337 e. The van der Waals surface area contributed by atoms with E-state index in [4.69, 9.17) is 23.2 Å². The van der Waals surface area contributed by atoms with Crippen LogP contribution in [-0.4, -0.2) is 33.6 Å². The van der Waals surface area contributed by atoms with E-state index in [9.17, 15) is 14.7 Å². The van der Waals surface area contributed by atoms with Gasteiger partial charge in [0.15, 0.2) is 5.17 Å². The third-order valence-corrected chi connectivity index (χ3v) is 5.37. The molecule has 1 aliphatic rings. The van der Waals surface area contributed by atoms with Gasteiger partial charge in [-0.05, 0) is 47.7 Å². The molecule has 1 aliphatic heterocycles. The number of thioether (sulfide) groups is 1. The van der Waals surface area contributed by atoms with Crippen molar-refractivity contribution < 1.29 is 14.7 Å². The SMILES string of the molecule is C=CCN1C(=O)/C(=C/c2ccc(Cl)cc2Cl)SC1=Nc1ccccc1C(=O)O. The maximum atomic E-state index is 12.8. The Morgan fingerprint density at radius 3 is 2.68 bits per heavy atom. The van der Waals surface area contributed by atoms with Gasteiger partial charge in [-0.3, -0.25) is 9.69 Å². The van der Waals surface area contributed by atoms with Crippen LogP contribution in [0.15, 0.2) is 65.0 Å². The van der Waals surface area contributed by atoms with Crippen LogP contribution in [0.5, 0.6) is 0 Å². The second-order valence-electron chi connectivity index (χ2n) is 5.70. The van der Waals surface area contributed by atoms with Gasteiger partial charge in [-0.2, -0.15) is 0 Å². The minimum atomic E-state index is -1.09. The number of rotatable bonds is 5. The van der Waals surface area contributed by atoms with E-state index in [2.05, 4.69) is 11.6 Å². The lowest BCUT2D eigenvalue weighted by molar-refractivity contribution is -0.121. The molecule has 0 saturated carbocycles. The van der Waals surface area contributed by atoms with Crippen molar-refractivity contribution in [1.29, 1.82) is 0 Å². The van der Waals surface area contributed by atoms with Gasteiger partial charge in [-0.25, -0.2) is 9.79 Å². The molecular formula is C20H14Cl2N2O3S. The molecule has 0 unspecified atom stereocenters. The third-order valence-electron chi connectivity index (χ3n) is 3.80. The number of halogens is 2. The second-order valence-corrected chi connectivity index (χ2v) is 7.55. The molecule has 2 aromatic carbocycles. The molecule has 1 amide bonds. The zero-order chi connectivity index (χ0) is 20.3. The van der Waals surface area contributed by atoms with Crippen molar-refractivity contribution in [3.05, 3.63) is 81.2 Å². The van der Waals surface area contributed by atoms with Crippen molar-refractivity contribution in [2.24, 2.45) is 4.99 Å². The molecule has 0 radical (unpaired) electrons. The number of nitrogens with zero attached hydrogens (tertiary/aromatic N) is 2. The summed E-state index contributed by atoms with van der Waals surface area (Å²) in [4.78, 5) is 30.5. The fourth-order valence-electron chi connectivity index (χ4n) is 2.50. The van der Waals surface area contributed by atoms with Crippen LogP contribution in [0.3, 0.4) is 0 Å². The van der Waals surface area contributed by atoms with Crippen LogP contribution < -0.4 is 0 Å². The van der Waals surface area contributed by atoms with Crippen molar-refractivity contribution in [2.45, 2.75) is 0 Å². The molecule has 1 heterocycles. The van der Waals surface area contributed by atoms with Gasteiger partial charge in [-0.1, -0.05) is 47.5 Å². The Morgan fingerprint density at radius 2 is 2.00 bits per heavy atom. The number of para-hydroxylation sites is 1. The Kier molecular flexibility index (Phi) is 6.24. The predicted octanol–water partition coefficient (Wildman–Crippen LogP) is 5.48. The number of amidine groups is 1. The molecule has 0 bridgehead atoms. The first-order valence-corrected chi connectivity index (χ1v) is 9.66. The lowest BCUT2D eigenvalue weighted by Crippen LogP contribution is -2.29. The summed E-state index contributed by atoms with van der Waals surface area (Å²) >= 11 is 13.3. The van der Waals surface area contributed by atoms with Gasteiger partial charge >= 0.3 is 5.97 Å². The molecule has 1 saturated heterocycles. The van der Waals surface area contributed by atoms with Crippen LogP contribution in [0, 0.1) is 0 Å². The maximum absolute atomic E-state index is 12.8. The smallest absolute Gasteiger partial charge is 0.337 e. The van der Waals surface area contributed by atoms with Crippen molar-refractivity contribution >= 4 is 63.8 Å². The summed E-state index contributed by atoms with van der Waals surface area (Å²) in [5, 5.41) is 10.6. The van der Waals surface area contributed by atoms with E-state index in [1.54, 1.807) is 48.6 Å². The van der Waals surface area contributed by atoms with E-state index < -0.39 is 5.97 Å². The zero-order valence-electron chi connectivity index (χ0n) is 14.4. The third kappa shape index (κ3) is 4.30. The number of carboxylic acids is 1. The van der Waals surface area contributed by atoms with Crippen LogP contribution in [0.1, 0.15) is 15.9 Å². The molecule has 3 rings (SSSR count). The largest absolute Gasteiger partial charge is 0.478 e. The van der Waals surface area contributed by atoms with E-state index in [1.165, 1.54) is 11.0 Å². The van der Waals surface area contributed by atoms with Crippen LogP contribution in [0.2, 0.25) is 10.0 Å². The number of carbonyl (C=O) groups is 2. The summed E-state index contributed by atoms with van der Waals surface area (Å²) in [7, 11) is 0. The van der Waals surface area contributed by atoms with Crippen LogP contribution in [-0.2, 0) is 4.79 Å². The summed E-state index contributed by atoms with van der Waals surface area (Å²) in [5.74, 6) is -1.35. The Labute approximate surface area is 176 Å². The first-order valence-electron chi connectivity index (χ1n) is 8.09. The molecule has 0 aliphatic carbocycles. The molecule has 0 aromatic heterocycles. The van der Waals surface area contributed by atoms with Crippen molar-refractivity contribution in [1.82, 2.24) is 4.90 Å². The van der Waals surface area contributed by atoms with Crippen molar-refractivity contribution in [3.63, 3.8) is 0 Å². The number of aromatic carboxylic acids is 1. The quantitative estimate of drug-likeness (QED) is 0.501. The molecule has 1 N–H and O–H groups in total. The minimum Gasteiger partial charge on any atom is -0.478 e. The van der Waals surface area contributed by atoms with E-state index in [0.717, 1.165) is 11.8 Å². The number of hydrogen-bond donors (Lipinski definition) is 1. The van der Waals surface area contributed by atoms with Crippen molar-refractivity contribution in [2.75, 3.05) is 6.54 Å². The van der Waals surface area contributed by atoms with E-state index in [0.29, 0.717) is 25.7 Å². The van der Waals surface area contributed by atoms with Gasteiger partial charge in [0.25, 0.3) is 5.91 Å². The fourth-order valence-corrected chi connectivity index (χ4v) is 3.95. The van der Waals surface area contributed by atoms with Gasteiger partial charge in [0.2, 0.25) is 0 Å². The molecule has 5 nitrogen and oxygen atoms in total. The van der Waals surface area contributed by atoms with Crippen LogP contribution in [0.25, 0.3) is 6.08 Å². The molecular weight excluding hydrogens is 419 g/mol. The van der Waals surface area contributed by atoms with Crippen LogP contribution in [0.4, 0.5) is 5.69 Å². The van der Waals surface area contributed by atoms with E-state index in [1.807, 2.05) is 0 Å². The predicted molar refractivity (Wildman–Crippen MR) is 114 cm³/mol. The number of benzene rings is 2. The van der Waals surface area contributed by atoms with Crippen LogP contribution >= 0.6 is 35.0 Å². The number of amides is 1. The molecule has 28 heavy (non-hydrogen) atoms. The summed E-state index contributed by atoms with van der Waals surface area (Å²) < 4.78 is 0. The number of carbonyl (C=O) groups excluding carboxylic acids is 1. The molecule has 8 heteroatoms. The van der Waals surface area contributed by atoms with E-state index >= 15 is 0 Å². The summed E-state index contributed by atoms with van der Waals surface area (Å²) in [5.41, 5.74) is 0.970. The highest BCUT2D eigenvalue weighted by Gasteiger charge is 2.33. The molecule has 2 aromatic rings. The van der Waals surface area contributed by atoms with Gasteiger partial charge in [-0.15, -0.1) is 6.58 Å². The van der Waals surface area contributed by atoms with Crippen molar-refractivity contribution in [3.8, 4) is 0 Å². The summed E-state index contributed by atoms with van der Waals surface area (Å²) in [6.07, 6.45) is 3.24. The molecule has 142 valence electrons. The Bertz CT molecular complexity index is 1030. The monoisotopic (exact) mass is 432 g/mol. The minimum absolute atomic E-state index is 0.0553. The molecule has 0 atom stereocenters. The van der Waals surface area contributed by atoms with Gasteiger partial charge in [0.05, 0.1) is 16.2 Å². The first-order chi connectivity index (χ1) is 13.4. The molecule has 1 fully saturated rings. The highest BCUT2D eigenvalue weighted by atomic mass is 35.5. The zero-order valence-corrected chi connectivity index (χ0v) is 16.8. The standard InChI is InChI=1S/C20H14Cl2N2O3S/c1-2-9-24-18(25)17(10-12-7-8-13(21)11-15(12)22)28-20(24)23-16-6-4-3-5-14(16)19(26)27/h2-8,10-11H,1,9H2,(H,26,27)/b17-10-,23-20?. The lowest BCUT2D eigenvalue weighted by Gasteiger charge is -2.13. The number of carboxylic acid groups (broad SMARTS) is 1. The Hall–Kier alpha value is -2.54. The fraction of sp³-hybridized carbons (Fsp3) is 0.0500. The van der Waals surface area contributed by atoms with Gasteiger partial charge < -0.3 is 5.11 Å². The molecule has 0 spiro atoms. The summed E-state index contributed by atoms with van der Waals surface area (Å²) in [6, 6.07) is 11.4. The average molecular weight is 433 g/mol. The van der Waals surface area contributed by atoms with E-state index in [-0.39, 0.29) is 23.7 Å². The average Bonchev–Trinajstić information content (AvgIpc) is 2.93. The number of hydrogen-bond acceptors (Lipinski definition) is 4. The van der Waals surface area contributed by atoms with Gasteiger partial charge in [0, 0.05) is 16.6 Å². The normalized spacial score (nSPS) is 16.8. The second kappa shape index (κ2) is 8.65. The lowest BCUT2D eigenvalue weighted by atomic mass is 10.2. The summed E-state index contributed by atoms with van der Waals surface area (Å²) in [6.45, 7) is 3.91. The topological polar surface area (TPSA) is 70.0 Å². The highest BCUT2D eigenvalue weighted by Crippen LogP contribution is 2.36. The van der Waals surface area contributed by atoms with Gasteiger partial charge in [0.1, 0.15) is 0 Å². The number of aliphatic imine (C=N–C) groups is 1. The Morgan fingerprint density at radius 1 is 1.25 bits per heavy atom. The first kappa shape index (κ1) is 20.2. The highest BCUT2D eigenvalue weighted by molar-refractivity contribution is 8.18.